The average Bonchev–Trinajstić information content (AvgIpc) is 2.99. The molecule has 0 amide bonds. The topological polar surface area (TPSA) is 65.2 Å². The maximum absolute atomic E-state index is 11.9. The lowest BCUT2D eigenvalue weighted by Crippen LogP contribution is -2.22. The minimum Gasteiger partial charge on any atom is -0.457 e. The summed E-state index contributed by atoms with van der Waals surface area (Å²) in [6.45, 7) is 5.52. The van der Waals surface area contributed by atoms with Crippen LogP contribution >= 0.6 is 11.3 Å². The number of thiophene rings is 1. The molecule has 128 valence electrons. The van der Waals surface area contributed by atoms with Gasteiger partial charge in [0.15, 0.2) is 0 Å². The maximum atomic E-state index is 11.9. The van der Waals surface area contributed by atoms with Gasteiger partial charge in [0.2, 0.25) is 0 Å². The molecule has 0 saturated heterocycles. The number of fused-ring (bicyclic) bond motifs is 1. The first-order chi connectivity index (χ1) is 11.8. The Labute approximate surface area is 151 Å². The predicted octanol–water partition coefficient (Wildman–Crippen LogP) is 4.90. The molecule has 0 saturated carbocycles. The molecule has 3 aromatic rings. The summed E-state index contributed by atoms with van der Waals surface area (Å²) in [5, 5.41) is 2.99. The van der Waals surface area contributed by atoms with Gasteiger partial charge < -0.3 is 10.5 Å². The molecule has 0 aliphatic heterocycles. The van der Waals surface area contributed by atoms with E-state index >= 15 is 0 Å². The molecule has 4 nitrogen and oxygen atoms in total. The molecule has 0 fully saturated rings. The zero-order valence-corrected chi connectivity index (χ0v) is 15.3. The lowest BCUT2D eigenvalue weighted by molar-refractivity contribution is -0.148. The van der Waals surface area contributed by atoms with Gasteiger partial charge in [-0.05, 0) is 37.8 Å². The van der Waals surface area contributed by atoms with Crippen LogP contribution in [0.15, 0.2) is 48.0 Å². The number of ether oxygens (including phenoxy) is 1. The number of esters is 1. The molecule has 2 aromatic heterocycles. The van der Waals surface area contributed by atoms with E-state index in [2.05, 4.69) is 10.4 Å². The normalized spacial score (nSPS) is 12.0. The van der Waals surface area contributed by atoms with E-state index < -0.39 is 5.60 Å². The Morgan fingerprint density at radius 3 is 2.64 bits per heavy atom. The van der Waals surface area contributed by atoms with Crippen molar-refractivity contribution in [3.63, 3.8) is 0 Å². The monoisotopic (exact) mass is 352 g/mol. The van der Waals surface area contributed by atoms with Crippen LogP contribution in [0.1, 0.15) is 26.3 Å². The van der Waals surface area contributed by atoms with Crippen molar-refractivity contribution in [2.24, 2.45) is 0 Å². The van der Waals surface area contributed by atoms with Crippen LogP contribution in [0.25, 0.3) is 27.3 Å². The summed E-state index contributed by atoms with van der Waals surface area (Å²) < 4.78 is 6.31. The highest BCUT2D eigenvalue weighted by atomic mass is 32.1. The summed E-state index contributed by atoms with van der Waals surface area (Å²) in [6.07, 6.45) is 4.84. The predicted molar refractivity (Wildman–Crippen MR) is 104 cm³/mol. The first-order valence-corrected chi connectivity index (χ1v) is 8.85. The summed E-state index contributed by atoms with van der Waals surface area (Å²) in [5.74, 6) is 0.113. The molecule has 2 N–H and O–H groups in total. The van der Waals surface area contributed by atoms with Gasteiger partial charge in [-0.2, -0.15) is 0 Å². The van der Waals surface area contributed by atoms with Crippen LogP contribution in [0, 0.1) is 0 Å². The van der Waals surface area contributed by atoms with Crippen molar-refractivity contribution in [3.05, 3.63) is 53.5 Å². The number of nitrogen functional groups attached to an aromatic ring is 1. The van der Waals surface area contributed by atoms with Crippen molar-refractivity contribution in [3.8, 4) is 11.1 Å². The van der Waals surface area contributed by atoms with Crippen LogP contribution in [0.4, 0.5) is 5.82 Å². The molecule has 3 rings (SSSR count). The molecule has 2 heterocycles. The van der Waals surface area contributed by atoms with E-state index in [0.29, 0.717) is 5.82 Å². The van der Waals surface area contributed by atoms with E-state index in [-0.39, 0.29) is 5.97 Å². The molecule has 0 aliphatic carbocycles. The van der Waals surface area contributed by atoms with Crippen molar-refractivity contribution in [1.82, 2.24) is 4.98 Å². The fraction of sp³-hybridized carbons (Fsp3) is 0.200. The molecule has 0 radical (unpaired) electrons. The Hall–Kier alpha value is -2.66. The Balaban J connectivity index is 2.00. The second-order valence-electron chi connectivity index (χ2n) is 6.69. The highest BCUT2D eigenvalue weighted by Crippen LogP contribution is 2.38. The molecule has 0 spiro atoms. The number of nitrogens with two attached hydrogens (primary N) is 1. The van der Waals surface area contributed by atoms with Gasteiger partial charge in [0, 0.05) is 33.5 Å². The van der Waals surface area contributed by atoms with Gasteiger partial charge in [-0.15, -0.1) is 11.3 Å². The molecule has 0 bridgehead atoms. The van der Waals surface area contributed by atoms with Crippen molar-refractivity contribution in [2.45, 2.75) is 26.4 Å². The summed E-state index contributed by atoms with van der Waals surface area (Å²) >= 11 is 1.59. The number of carbonyl (C=O) groups is 1. The number of anilines is 1. The Bertz CT molecular complexity index is 937. The van der Waals surface area contributed by atoms with E-state index in [4.69, 9.17) is 10.5 Å². The lowest BCUT2D eigenvalue weighted by Gasteiger charge is -2.17. The lowest BCUT2D eigenvalue weighted by atomic mass is 10.0. The quantitative estimate of drug-likeness (QED) is 0.538. The fourth-order valence-corrected chi connectivity index (χ4v) is 3.61. The van der Waals surface area contributed by atoms with E-state index in [1.165, 1.54) is 6.08 Å². The molecular formula is C20H20N2O2S. The van der Waals surface area contributed by atoms with Gasteiger partial charge >= 0.3 is 5.97 Å². The zero-order chi connectivity index (χ0) is 18.0. The summed E-state index contributed by atoms with van der Waals surface area (Å²) in [7, 11) is 0. The first-order valence-electron chi connectivity index (χ1n) is 7.97. The number of rotatable bonds is 3. The molecular weight excluding hydrogens is 332 g/mol. The molecule has 0 aliphatic rings. The minimum absolute atomic E-state index is 0.377. The minimum atomic E-state index is -0.514. The van der Waals surface area contributed by atoms with Crippen molar-refractivity contribution in [2.75, 3.05) is 5.73 Å². The van der Waals surface area contributed by atoms with Crippen LogP contribution in [-0.4, -0.2) is 16.6 Å². The van der Waals surface area contributed by atoms with Crippen LogP contribution in [-0.2, 0) is 9.53 Å². The third-order valence-electron chi connectivity index (χ3n) is 3.54. The third-order valence-corrected chi connectivity index (χ3v) is 4.57. The Morgan fingerprint density at radius 2 is 1.96 bits per heavy atom. The first kappa shape index (κ1) is 17.2. The van der Waals surface area contributed by atoms with E-state index in [0.717, 1.165) is 26.8 Å². The molecule has 25 heavy (non-hydrogen) atoms. The summed E-state index contributed by atoms with van der Waals surface area (Å²) in [5.41, 5.74) is 8.61. The van der Waals surface area contributed by atoms with Gasteiger partial charge in [-0.25, -0.2) is 9.78 Å². The van der Waals surface area contributed by atoms with Gasteiger partial charge in [0.25, 0.3) is 0 Å². The third kappa shape index (κ3) is 3.88. The van der Waals surface area contributed by atoms with Crippen molar-refractivity contribution in [1.29, 1.82) is 0 Å². The van der Waals surface area contributed by atoms with Crippen LogP contribution in [0.5, 0.6) is 0 Å². The van der Waals surface area contributed by atoms with Gasteiger partial charge in [-0.3, -0.25) is 0 Å². The van der Waals surface area contributed by atoms with Crippen LogP contribution in [0.3, 0.4) is 0 Å². The van der Waals surface area contributed by atoms with Crippen LogP contribution in [0.2, 0.25) is 0 Å². The van der Waals surface area contributed by atoms with Gasteiger partial charge in [0.1, 0.15) is 11.4 Å². The van der Waals surface area contributed by atoms with Gasteiger partial charge in [-0.1, -0.05) is 30.3 Å². The second kappa shape index (κ2) is 6.69. The van der Waals surface area contributed by atoms with E-state index in [1.807, 2.05) is 51.1 Å². The molecule has 5 heteroatoms. The SMILES string of the molecule is CC(C)(C)OC(=O)C=Cc1cnc(N)c2c(-c3ccccc3)csc12. The van der Waals surface area contributed by atoms with Crippen molar-refractivity contribution < 1.29 is 9.53 Å². The number of hydrogen-bond donors (Lipinski definition) is 1. The Morgan fingerprint density at radius 1 is 1.24 bits per heavy atom. The Kier molecular flexibility index (Phi) is 4.59. The van der Waals surface area contributed by atoms with E-state index in [1.54, 1.807) is 23.6 Å². The number of pyridine rings is 1. The highest BCUT2D eigenvalue weighted by molar-refractivity contribution is 7.18. The number of hydrogen-bond acceptors (Lipinski definition) is 5. The number of benzene rings is 1. The standard InChI is InChI=1S/C20H20N2O2S/c1-20(2,3)24-16(23)10-9-14-11-22-19(21)17-15(12-25-18(14)17)13-7-5-4-6-8-13/h4-12H,1-3H3,(H2,21,22). The van der Waals surface area contributed by atoms with E-state index in [9.17, 15) is 4.79 Å². The number of aromatic nitrogens is 1. The van der Waals surface area contributed by atoms with Crippen LogP contribution < -0.4 is 5.73 Å². The summed E-state index contributed by atoms with van der Waals surface area (Å²) in [6, 6.07) is 10.1. The number of carbonyl (C=O) groups excluding carboxylic acids is 1. The zero-order valence-electron chi connectivity index (χ0n) is 14.4. The molecule has 1 aromatic carbocycles. The van der Waals surface area contributed by atoms with Crippen molar-refractivity contribution >= 4 is 39.3 Å². The molecule has 0 atom stereocenters. The highest BCUT2D eigenvalue weighted by Gasteiger charge is 2.15. The van der Waals surface area contributed by atoms with Gasteiger partial charge in [0.05, 0.1) is 0 Å². The molecule has 0 unspecified atom stereocenters. The largest absolute Gasteiger partial charge is 0.457 e. The maximum Gasteiger partial charge on any atom is 0.331 e. The number of nitrogens with zero attached hydrogens (tertiary/aromatic N) is 1. The smallest absolute Gasteiger partial charge is 0.331 e. The second-order valence-corrected chi connectivity index (χ2v) is 7.56. The summed E-state index contributed by atoms with van der Waals surface area (Å²) in [4.78, 5) is 16.2. The fourth-order valence-electron chi connectivity index (χ4n) is 2.53. The average molecular weight is 352 g/mol.